The SMILES string of the molecule is COc1ccc(CN2CCCC(n3c(C)cnc3-c3cccnc3)C2)cc1C. The molecular formula is C23H28N4O. The molecule has 2 aromatic heterocycles. The number of aromatic nitrogens is 3. The van der Waals surface area contributed by atoms with Crippen molar-refractivity contribution in [1.82, 2.24) is 19.4 Å². The number of methoxy groups -OCH3 is 1. The summed E-state index contributed by atoms with van der Waals surface area (Å²) in [5, 5.41) is 0. The molecule has 3 heterocycles. The Morgan fingerprint density at radius 2 is 2.07 bits per heavy atom. The van der Waals surface area contributed by atoms with Crippen molar-refractivity contribution in [2.24, 2.45) is 0 Å². The van der Waals surface area contributed by atoms with Crippen molar-refractivity contribution >= 4 is 0 Å². The number of rotatable bonds is 5. The second-order valence-electron chi connectivity index (χ2n) is 7.67. The van der Waals surface area contributed by atoms with Gasteiger partial charge in [0.2, 0.25) is 0 Å². The van der Waals surface area contributed by atoms with Gasteiger partial charge in [-0.25, -0.2) is 4.98 Å². The zero-order valence-electron chi connectivity index (χ0n) is 16.9. The maximum atomic E-state index is 5.40. The number of hydrogen-bond donors (Lipinski definition) is 0. The van der Waals surface area contributed by atoms with E-state index in [2.05, 4.69) is 52.6 Å². The van der Waals surface area contributed by atoms with Crippen LogP contribution in [0.4, 0.5) is 0 Å². The summed E-state index contributed by atoms with van der Waals surface area (Å²) in [6.07, 6.45) is 8.07. The van der Waals surface area contributed by atoms with Gasteiger partial charge in [-0.05, 0) is 62.6 Å². The maximum absolute atomic E-state index is 5.40. The lowest BCUT2D eigenvalue weighted by Gasteiger charge is -2.35. The zero-order valence-corrected chi connectivity index (χ0v) is 16.9. The van der Waals surface area contributed by atoms with Crippen LogP contribution in [-0.2, 0) is 6.54 Å². The molecule has 146 valence electrons. The van der Waals surface area contributed by atoms with Crippen LogP contribution in [0.3, 0.4) is 0 Å². The van der Waals surface area contributed by atoms with Gasteiger partial charge < -0.3 is 9.30 Å². The third-order valence-electron chi connectivity index (χ3n) is 5.61. The Hall–Kier alpha value is -2.66. The first-order valence-corrected chi connectivity index (χ1v) is 9.96. The van der Waals surface area contributed by atoms with Gasteiger partial charge in [0.25, 0.3) is 0 Å². The van der Waals surface area contributed by atoms with E-state index in [4.69, 9.17) is 9.72 Å². The highest BCUT2D eigenvalue weighted by Crippen LogP contribution is 2.30. The van der Waals surface area contributed by atoms with Gasteiger partial charge in [0.05, 0.1) is 7.11 Å². The standard InChI is InChI=1S/C23H28N4O/c1-17-12-19(8-9-22(17)28-3)15-26-11-5-7-21(16-26)27-18(2)13-25-23(27)20-6-4-10-24-14-20/h4,6,8-10,12-14,21H,5,7,11,15-16H2,1-3H3. The van der Waals surface area contributed by atoms with Gasteiger partial charge >= 0.3 is 0 Å². The van der Waals surface area contributed by atoms with Crippen LogP contribution in [0.1, 0.15) is 35.7 Å². The average molecular weight is 377 g/mol. The minimum absolute atomic E-state index is 0.436. The molecule has 28 heavy (non-hydrogen) atoms. The van der Waals surface area contributed by atoms with Crippen molar-refractivity contribution in [2.75, 3.05) is 20.2 Å². The number of likely N-dealkylation sites (tertiary alicyclic amines) is 1. The second kappa shape index (κ2) is 8.15. The van der Waals surface area contributed by atoms with Crippen molar-refractivity contribution in [2.45, 2.75) is 39.3 Å². The fourth-order valence-corrected chi connectivity index (χ4v) is 4.30. The molecule has 1 saturated heterocycles. The van der Waals surface area contributed by atoms with Crippen LogP contribution in [-0.4, -0.2) is 39.6 Å². The Labute approximate surface area is 167 Å². The van der Waals surface area contributed by atoms with E-state index in [1.807, 2.05) is 24.7 Å². The molecule has 0 saturated carbocycles. The predicted octanol–water partition coefficient (Wildman–Crippen LogP) is 4.41. The molecule has 1 aliphatic rings. The lowest BCUT2D eigenvalue weighted by Crippen LogP contribution is -2.36. The highest BCUT2D eigenvalue weighted by Gasteiger charge is 2.25. The van der Waals surface area contributed by atoms with E-state index in [1.165, 1.54) is 29.7 Å². The monoisotopic (exact) mass is 376 g/mol. The highest BCUT2D eigenvalue weighted by atomic mass is 16.5. The highest BCUT2D eigenvalue weighted by molar-refractivity contribution is 5.54. The molecule has 0 aliphatic carbocycles. The van der Waals surface area contributed by atoms with Crippen molar-refractivity contribution in [3.63, 3.8) is 0 Å². The Kier molecular flexibility index (Phi) is 5.44. The quantitative estimate of drug-likeness (QED) is 0.662. The third-order valence-corrected chi connectivity index (χ3v) is 5.61. The van der Waals surface area contributed by atoms with Crippen molar-refractivity contribution in [3.8, 4) is 17.1 Å². The molecular weight excluding hydrogens is 348 g/mol. The maximum Gasteiger partial charge on any atom is 0.141 e. The van der Waals surface area contributed by atoms with Gasteiger partial charge in [0.1, 0.15) is 11.6 Å². The molecule has 0 bridgehead atoms. The van der Waals surface area contributed by atoms with Gasteiger partial charge in [0, 0.05) is 49.0 Å². The van der Waals surface area contributed by atoms with Gasteiger partial charge in [-0.1, -0.05) is 12.1 Å². The molecule has 1 atom stereocenters. The van der Waals surface area contributed by atoms with E-state index in [1.54, 1.807) is 7.11 Å². The molecule has 1 unspecified atom stereocenters. The summed E-state index contributed by atoms with van der Waals surface area (Å²) in [5.74, 6) is 1.98. The summed E-state index contributed by atoms with van der Waals surface area (Å²) in [6, 6.07) is 11.0. The van der Waals surface area contributed by atoms with Crippen molar-refractivity contribution in [1.29, 1.82) is 0 Å². The van der Waals surface area contributed by atoms with E-state index in [0.29, 0.717) is 6.04 Å². The first-order chi connectivity index (χ1) is 13.7. The zero-order chi connectivity index (χ0) is 19.5. The van der Waals surface area contributed by atoms with E-state index >= 15 is 0 Å². The lowest BCUT2D eigenvalue weighted by atomic mass is 10.0. The minimum Gasteiger partial charge on any atom is -0.496 e. The van der Waals surface area contributed by atoms with E-state index in [0.717, 1.165) is 36.8 Å². The molecule has 4 rings (SSSR count). The molecule has 1 aromatic carbocycles. The van der Waals surface area contributed by atoms with Crippen LogP contribution in [0.25, 0.3) is 11.4 Å². The smallest absolute Gasteiger partial charge is 0.141 e. The van der Waals surface area contributed by atoms with Crippen molar-refractivity contribution < 1.29 is 4.74 Å². The fourth-order valence-electron chi connectivity index (χ4n) is 4.30. The van der Waals surface area contributed by atoms with E-state index < -0.39 is 0 Å². The Morgan fingerprint density at radius 1 is 1.18 bits per heavy atom. The summed E-state index contributed by atoms with van der Waals surface area (Å²) in [5.41, 5.74) is 4.83. The van der Waals surface area contributed by atoms with Gasteiger partial charge in [-0.2, -0.15) is 0 Å². The first kappa shape index (κ1) is 18.7. The molecule has 5 heteroatoms. The number of ether oxygens (including phenoxy) is 1. The summed E-state index contributed by atoms with van der Waals surface area (Å²) >= 11 is 0. The van der Waals surface area contributed by atoms with Gasteiger partial charge in [-0.15, -0.1) is 0 Å². The lowest BCUT2D eigenvalue weighted by molar-refractivity contribution is 0.170. The van der Waals surface area contributed by atoms with Crippen LogP contribution in [0.2, 0.25) is 0 Å². The fraction of sp³-hybridized carbons (Fsp3) is 0.391. The van der Waals surface area contributed by atoms with E-state index in [9.17, 15) is 0 Å². The molecule has 0 N–H and O–H groups in total. The summed E-state index contributed by atoms with van der Waals surface area (Å²) in [4.78, 5) is 11.5. The molecule has 0 amide bonds. The molecule has 0 radical (unpaired) electrons. The third kappa shape index (κ3) is 3.80. The van der Waals surface area contributed by atoms with Crippen LogP contribution in [0.5, 0.6) is 5.75 Å². The average Bonchev–Trinajstić information content (AvgIpc) is 3.10. The van der Waals surface area contributed by atoms with Crippen LogP contribution < -0.4 is 4.74 Å². The molecule has 0 spiro atoms. The Bertz CT molecular complexity index is 935. The Balaban J connectivity index is 1.53. The van der Waals surface area contributed by atoms with Gasteiger partial charge in [0.15, 0.2) is 0 Å². The summed E-state index contributed by atoms with van der Waals surface area (Å²) in [6.45, 7) is 7.40. The number of aryl methyl sites for hydroxylation is 2. The number of pyridine rings is 1. The normalized spacial score (nSPS) is 17.6. The molecule has 1 aliphatic heterocycles. The number of benzene rings is 1. The predicted molar refractivity (Wildman–Crippen MR) is 111 cm³/mol. The second-order valence-corrected chi connectivity index (χ2v) is 7.67. The van der Waals surface area contributed by atoms with Crippen LogP contribution >= 0.6 is 0 Å². The van der Waals surface area contributed by atoms with E-state index in [-0.39, 0.29) is 0 Å². The topological polar surface area (TPSA) is 43.2 Å². The first-order valence-electron chi connectivity index (χ1n) is 9.96. The minimum atomic E-state index is 0.436. The van der Waals surface area contributed by atoms with Crippen LogP contribution in [0.15, 0.2) is 48.9 Å². The summed E-state index contributed by atoms with van der Waals surface area (Å²) in [7, 11) is 1.73. The molecule has 1 fully saturated rings. The molecule has 3 aromatic rings. The molecule has 5 nitrogen and oxygen atoms in total. The van der Waals surface area contributed by atoms with Crippen molar-refractivity contribution in [3.05, 3.63) is 65.7 Å². The largest absolute Gasteiger partial charge is 0.496 e. The Morgan fingerprint density at radius 3 is 2.82 bits per heavy atom. The number of imidazole rings is 1. The van der Waals surface area contributed by atoms with Gasteiger partial charge in [-0.3, -0.25) is 9.88 Å². The summed E-state index contributed by atoms with van der Waals surface area (Å²) < 4.78 is 7.80. The number of piperidine rings is 1. The number of hydrogen-bond acceptors (Lipinski definition) is 4. The number of nitrogens with zero attached hydrogens (tertiary/aromatic N) is 4. The van der Waals surface area contributed by atoms with Crippen LogP contribution in [0, 0.1) is 13.8 Å².